The maximum Gasteiger partial charge on any atom is 0.307 e. The highest BCUT2D eigenvalue weighted by Gasteiger charge is 2.09. The molecule has 7 heteroatoms. The van der Waals surface area contributed by atoms with E-state index in [9.17, 15) is 14.9 Å². The number of nitro groups is 1. The van der Waals surface area contributed by atoms with Crippen LogP contribution in [-0.4, -0.2) is 16.5 Å². The van der Waals surface area contributed by atoms with Crippen LogP contribution in [0, 0.1) is 10.1 Å². The SMILES string of the molecule is CC(=NNC(=O)c1ccco1)c1cccc([N+](=O)[O-])c1. The van der Waals surface area contributed by atoms with Crippen molar-refractivity contribution < 1.29 is 14.1 Å². The van der Waals surface area contributed by atoms with Gasteiger partial charge in [0.2, 0.25) is 0 Å². The average Bonchev–Trinajstić information content (AvgIpc) is 2.98. The number of nitrogens with zero attached hydrogens (tertiary/aromatic N) is 2. The molecule has 0 aliphatic rings. The third kappa shape index (κ3) is 3.08. The molecule has 0 saturated carbocycles. The van der Waals surface area contributed by atoms with Crippen molar-refractivity contribution in [3.05, 3.63) is 64.1 Å². The second-order valence-corrected chi connectivity index (χ2v) is 3.92. The highest BCUT2D eigenvalue weighted by atomic mass is 16.6. The normalized spacial score (nSPS) is 11.2. The summed E-state index contributed by atoms with van der Waals surface area (Å²) in [6.45, 7) is 1.64. The second-order valence-electron chi connectivity index (χ2n) is 3.92. The Bertz CT molecular complexity index is 662. The number of carbonyl (C=O) groups excluding carboxylic acids is 1. The molecular formula is C13H11N3O4. The van der Waals surface area contributed by atoms with E-state index in [2.05, 4.69) is 10.5 Å². The predicted molar refractivity (Wildman–Crippen MR) is 71.5 cm³/mol. The van der Waals surface area contributed by atoms with Gasteiger partial charge in [0.1, 0.15) is 0 Å². The van der Waals surface area contributed by atoms with Crippen LogP contribution in [0.3, 0.4) is 0 Å². The first-order valence-electron chi connectivity index (χ1n) is 5.71. The van der Waals surface area contributed by atoms with Gasteiger partial charge in [0.25, 0.3) is 5.69 Å². The Morgan fingerprint density at radius 3 is 2.80 bits per heavy atom. The Morgan fingerprint density at radius 2 is 2.15 bits per heavy atom. The van der Waals surface area contributed by atoms with Crippen LogP contribution in [0.1, 0.15) is 23.0 Å². The zero-order chi connectivity index (χ0) is 14.5. The molecule has 0 aliphatic heterocycles. The molecule has 0 radical (unpaired) electrons. The molecule has 1 aromatic heterocycles. The first kappa shape index (κ1) is 13.5. The van der Waals surface area contributed by atoms with E-state index in [4.69, 9.17) is 4.42 Å². The van der Waals surface area contributed by atoms with Crippen LogP contribution in [0.5, 0.6) is 0 Å². The third-order valence-corrected chi connectivity index (χ3v) is 2.54. The van der Waals surface area contributed by atoms with Crippen LogP contribution in [0.4, 0.5) is 5.69 Å². The molecule has 0 aliphatic carbocycles. The number of non-ortho nitro benzene ring substituents is 1. The van der Waals surface area contributed by atoms with Crippen LogP contribution in [0.2, 0.25) is 0 Å². The van der Waals surface area contributed by atoms with E-state index >= 15 is 0 Å². The van der Waals surface area contributed by atoms with Crippen molar-refractivity contribution in [2.75, 3.05) is 0 Å². The lowest BCUT2D eigenvalue weighted by Gasteiger charge is -2.01. The zero-order valence-electron chi connectivity index (χ0n) is 10.6. The van der Waals surface area contributed by atoms with Crippen LogP contribution in [0.25, 0.3) is 0 Å². The fourth-order valence-electron chi connectivity index (χ4n) is 1.51. The van der Waals surface area contributed by atoms with Crippen molar-refractivity contribution in [3.8, 4) is 0 Å². The smallest absolute Gasteiger partial charge is 0.307 e. The number of carbonyl (C=O) groups is 1. The molecule has 1 heterocycles. The maximum absolute atomic E-state index is 11.6. The molecule has 0 atom stereocenters. The average molecular weight is 273 g/mol. The van der Waals surface area contributed by atoms with Gasteiger partial charge in [0, 0.05) is 17.7 Å². The molecule has 0 fully saturated rings. The minimum absolute atomic E-state index is 0.0330. The summed E-state index contributed by atoms with van der Waals surface area (Å²) in [6, 6.07) is 9.10. The van der Waals surface area contributed by atoms with E-state index in [1.54, 1.807) is 25.1 Å². The van der Waals surface area contributed by atoms with E-state index in [0.29, 0.717) is 11.3 Å². The lowest BCUT2D eigenvalue weighted by Crippen LogP contribution is -2.18. The zero-order valence-corrected chi connectivity index (χ0v) is 10.6. The Hall–Kier alpha value is -2.96. The molecule has 2 rings (SSSR count). The van der Waals surface area contributed by atoms with Crippen LogP contribution >= 0.6 is 0 Å². The number of amides is 1. The Kier molecular flexibility index (Phi) is 3.90. The van der Waals surface area contributed by atoms with Gasteiger partial charge in [-0.1, -0.05) is 12.1 Å². The molecule has 1 N–H and O–H groups in total. The van der Waals surface area contributed by atoms with E-state index in [1.807, 2.05) is 0 Å². The van der Waals surface area contributed by atoms with Gasteiger partial charge in [-0.3, -0.25) is 14.9 Å². The monoisotopic (exact) mass is 273 g/mol. The van der Waals surface area contributed by atoms with Gasteiger partial charge in [0.15, 0.2) is 5.76 Å². The molecular weight excluding hydrogens is 262 g/mol. The molecule has 7 nitrogen and oxygen atoms in total. The van der Waals surface area contributed by atoms with Gasteiger partial charge in [-0.15, -0.1) is 0 Å². The molecule has 0 unspecified atom stereocenters. The molecule has 102 valence electrons. The Labute approximate surface area is 114 Å². The molecule has 1 amide bonds. The molecule has 0 saturated heterocycles. The number of hydrazone groups is 1. The molecule has 20 heavy (non-hydrogen) atoms. The van der Waals surface area contributed by atoms with Gasteiger partial charge in [-0.25, -0.2) is 5.43 Å². The number of nitro benzene ring substituents is 1. The van der Waals surface area contributed by atoms with Crippen LogP contribution in [0.15, 0.2) is 52.2 Å². The fourth-order valence-corrected chi connectivity index (χ4v) is 1.51. The van der Waals surface area contributed by atoms with E-state index in [1.165, 1.54) is 24.5 Å². The van der Waals surface area contributed by atoms with Gasteiger partial charge in [-0.2, -0.15) is 5.10 Å². The summed E-state index contributed by atoms with van der Waals surface area (Å²) < 4.78 is 4.91. The molecule has 2 aromatic rings. The predicted octanol–water partition coefficient (Wildman–Crippen LogP) is 2.34. The largest absolute Gasteiger partial charge is 0.459 e. The van der Waals surface area contributed by atoms with Crippen molar-refractivity contribution in [1.82, 2.24) is 5.43 Å². The number of nitrogens with one attached hydrogen (secondary N) is 1. The van der Waals surface area contributed by atoms with Crippen molar-refractivity contribution in [3.63, 3.8) is 0 Å². The van der Waals surface area contributed by atoms with Crippen molar-refractivity contribution in [2.24, 2.45) is 5.10 Å². The number of hydrogen-bond acceptors (Lipinski definition) is 5. The molecule has 1 aromatic carbocycles. The molecule has 0 spiro atoms. The summed E-state index contributed by atoms with van der Waals surface area (Å²) in [4.78, 5) is 21.8. The lowest BCUT2D eigenvalue weighted by atomic mass is 10.1. The highest BCUT2D eigenvalue weighted by Crippen LogP contribution is 2.13. The summed E-state index contributed by atoms with van der Waals surface area (Å²) in [5.74, 6) is -0.347. The summed E-state index contributed by atoms with van der Waals surface area (Å²) in [5, 5.41) is 14.6. The van der Waals surface area contributed by atoms with Gasteiger partial charge in [-0.05, 0) is 19.1 Å². The van der Waals surface area contributed by atoms with Gasteiger partial charge in [0.05, 0.1) is 16.9 Å². The maximum atomic E-state index is 11.6. The fraction of sp³-hybridized carbons (Fsp3) is 0.0769. The summed E-state index contributed by atoms with van der Waals surface area (Å²) in [7, 11) is 0. The summed E-state index contributed by atoms with van der Waals surface area (Å²) in [6.07, 6.45) is 1.38. The van der Waals surface area contributed by atoms with Crippen molar-refractivity contribution in [1.29, 1.82) is 0 Å². The number of rotatable bonds is 4. The van der Waals surface area contributed by atoms with E-state index in [0.717, 1.165) is 0 Å². The van der Waals surface area contributed by atoms with Gasteiger partial charge < -0.3 is 4.42 Å². The Balaban J connectivity index is 2.12. The first-order valence-corrected chi connectivity index (χ1v) is 5.71. The third-order valence-electron chi connectivity index (χ3n) is 2.54. The number of furan rings is 1. The highest BCUT2D eigenvalue weighted by molar-refractivity contribution is 6.00. The van der Waals surface area contributed by atoms with Crippen molar-refractivity contribution >= 4 is 17.3 Å². The Morgan fingerprint density at radius 1 is 1.35 bits per heavy atom. The van der Waals surface area contributed by atoms with Crippen LogP contribution < -0.4 is 5.43 Å². The molecule has 0 bridgehead atoms. The summed E-state index contributed by atoms with van der Waals surface area (Å²) >= 11 is 0. The van der Waals surface area contributed by atoms with Gasteiger partial charge >= 0.3 is 5.91 Å². The van der Waals surface area contributed by atoms with Crippen molar-refractivity contribution in [2.45, 2.75) is 6.92 Å². The lowest BCUT2D eigenvalue weighted by molar-refractivity contribution is -0.384. The topological polar surface area (TPSA) is 97.7 Å². The quantitative estimate of drug-likeness (QED) is 0.525. The van der Waals surface area contributed by atoms with E-state index in [-0.39, 0.29) is 11.4 Å². The minimum atomic E-state index is -0.488. The standard InChI is InChI=1S/C13H11N3O4/c1-9(10-4-2-5-11(8-10)16(18)19)14-15-13(17)12-6-3-7-20-12/h2-8H,1H3,(H,15,17). The second kappa shape index (κ2) is 5.79. The first-order chi connectivity index (χ1) is 9.58. The minimum Gasteiger partial charge on any atom is -0.459 e. The van der Waals surface area contributed by atoms with Crippen LogP contribution in [-0.2, 0) is 0 Å². The summed E-state index contributed by atoms with van der Waals surface area (Å²) in [5.41, 5.74) is 3.29. The number of benzene rings is 1. The number of hydrogen-bond donors (Lipinski definition) is 1. The van der Waals surface area contributed by atoms with E-state index < -0.39 is 10.8 Å².